The van der Waals surface area contributed by atoms with Crippen molar-refractivity contribution >= 4 is 29.2 Å². The Kier molecular flexibility index (Phi) is 7.31. The maximum atomic E-state index is 12.3. The molecule has 28 heavy (non-hydrogen) atoms. The Bertz CT molecular complexity index is 814. The minimum absolute atomic E-state index is 0.142. The lowest BCUT2D eigenvalue weighted by atomic mass is 10.1. The van der Waals surface area contributed by atoms with Crippen LogP contribution in [-0.4, -0.2) is 18.9 Å². The van der Waals surface area contributed by atoms with Crippen LogP contribution in [0, 0.1) is 5.92 Å². The predicted octanol–water partition coefficient (Wildman–Crippen LogP) is 4.33. The molecular formula is C22H27ClN4O. The smallest absolute Gasteiger partial charge is 0.227 e. The van der Waals surface area contributed by atoms with Crippen LogP contribution in [0.4, 0.5) is 5.69 Å². The Morgan fingerprint density at radius 3 is 2.39 bits per heavy atom. The van der Waals surface area contributed by atoms with Gasteiger partial charge in [-0.15, -0.1) is 0 Å². The third kappa shape index (κ3) is 5.99. The second kappa shape index (κ2) is 10.1. The monoisotopic (exact) mass is 398 g/mol. The van der Waals surface area contributed by atoms with E-state index in [1.807, 2.05) is 48.5 Å². The van der Waals surface area contributed by atoms with Crippen LogP contribution in [0.5, 0.6) is 0 Å². The van der Waals surface area contributed by atoms with Crippen LogP contribution in [0.15, 0.2) is 53.5 Å². The van der Waals surface area contributed by atoms with E-state index in [-0.39, 0.29) is 11.8 Å². The number of hydrogen-bond acceptors (Lipinski definition) is 2. The summed E-state index contributed by atoms with van der Waals surface area (Å²) in [6, 6.07) is 15.7. The van der Waals surface area contributed by atoms with Crippen LogP contribution in [0.1, 0.15) is 36.8 Å². The molecule has 0 heterocycles. The second-order valence-corrected chi connectivity index (χ2v) is 7.51. The van der Waals surface area contributed by atoms with Crippen molar-refractivity contribution in [2.24, 2.45) is 10.9 Å². The molecule has 0 unspecified atom stereocenters. The van der Waals surface area contributed by atoms with E-state index in [2.05, 4.69) is 20.9 Å². The summed E-state index contributed by atoms with van der Waals surface area (Å²) < 4.78 is 0. The molecule has 0 aromatic heterocycles. The zero-order valence-electron chi connectivity index (χ0n) is 16.2. The summed E-state index contributed by atoms with van der Waals surface area (Å²) in [5.74, 6) is 1.02. The molecule has 6 heteroatoms. The highest BCUT2D eigenvalue weighted by Gasteiger charge is 2.22. The first-order valence-corrected chi connectivity index (χ1v) is 10.1. The van der Waals surface area contributed by atoms with Crippen LogP contribution in [0.2, 0.25) is 5.02 Å². The van der Waals surface area contributed by atoms with Gasteiger partial charge in [0.2, 0.25) is 5.91 Å². The Hall–Kier alpha value is -2.53. The zero-order valence-corrected chi connectivity index (χ0v) is 16.9. The third-order valence-electron chi connectivity index (χ3n) is 4.98. The van der Waals surface area contributed by atoms with Gasteiger partial charge >= 0.3 is 0 Å². The van der Waals surface area contributed by atoms with Gasteiger partial charge in [0.05, 0.1) is 0 Å². The van der Waals surface area contributed by atoms with Crippen LogP contribution in [-0.2, 0) is 17.9 Å². The van der Waals surface area contributed by atoms with Crippen molar-refractivity contribution in [3.63, 3.8) is 0 Å². The quantitative estimate of drug-likeness (QED) is 0.501. The summed E-state index contributed by atoms with van der Waals surface area (Å²) in [5, 5.41) is 10.4. The molecule has 1 saturated carbocycles. The van der Waals surface area contributed by atoms with Gasteiger partial charge in [-0.25, -0.2) is 0 Å². The SMILES string of the molecule is CN=C(NCc1ccc(Cl)cc1)NCc1cccc(NC(=O)C2CCCC2)c1. The summed E-state index contributed by atoms with van der Waals surface area (Å²) >= 11 is 5.92. The Labute approximate surface area is 171 Å². The van der Waals surface area contributed by atoms with Crippen LogP contribution in [0.3, 0.4) is 0 Å². The number of benzene rings is 2. The molecule has 0 saturated heterocycles. The maximum absolute atomic E-state index is 12.3. The number of nitrogens with one attached hydrogen (secondary N) is 3. The van der Waals surface area contributed by atoms with Crippen molar-refractivity contribution in [3.8, 4) is 0 Å². The molecule has 0 aliphatic heterocycles. The van der Waals surface area contributed by atoms with Crippen LogP contribution in [0.25, 0.3) is 0 Å². The lowest BCUT2D eigenvalue weighted by molar-refractivity contribution is -0.119. The van der Waals surface area contributed by atoms with Crippen LogP contribution < -0.4 is 16.0 Å². The fourth-order valence-corrected chi connectivity index (χ4v) is 3.51. The van der Waals surface area contributed by atoms with Crippen molar-refractivity contribution in [1.29, 1.82) is 0 Å². The first kappa shape index (κ1) is 20.2. The summed E-state index contributed by atoms with van der Waals surface area (Å²) in [7, 11) is 1.75. The number of guanidine groups is 1. The molecule has 5 nitrogen and oxygen atoms in total. The number of amides is 1. The minimum atomic E-state index is 0.142. The van der Waals surface area contributed by atoms with Gasteiger partial charge in [-0.2, -0.15) is 0 Å². The number of halogens is 1. The van der Waals surface area contributed by atoms with Crippen molar-refractivity contribution in [1.82, 2.24) is 10.6 Å². The van der Waals surface area contributed by atoms with Gasteiger partial charge in [-0.3, -0.25) is 9.79 Å². The highest BCUT2D eigenvalue weighted by Crippen LogP contribution is 2.26. The third-order valence-corrected chi connectivity index (χ3v) is 5.23. The first-order valence-electron chi connectivity index (χ1n) is 9.73. The molecule has 2 aromatic carbocycles. The number of anilines is 1. The van der Waals surface area contributed by atoms with E-state index in [0.29, 0.717) is 13.1 Å². The molecule has 1 aliphatic rings. The van der Waals surface area contributed by atoms with E-state index in [0.717, 1.165) is 53.5 Å². The van der Waals surface area contributed by atoms with E-state index in [1.165, 1.54) is 0 Å². The predicted molar refractivity (Wildman–Crippen MR) is 116 cm³/mol. The number of aliphatic imine (C=N–C) groups is 1. The van der Waals surface area contributed by atoms with Gasteiger partial charge in [0.1, 0.15) is 0 Å². The summed E-state index contributed by atoms with van der Waals surface area (Å²) in [6.45, 7) is 1.28. The largest absolute Gasteiger partial charge is 0.352 e. The number of nitrogens with zero attached hydrogens (tertiary/aromatic N) is 1. The Balaban J connectivity index is 1.49. The minimum Gasteiger partial charge on any atom is -0.352 e. The molecular weight excluding hydrogens is 372 g/mol. The highest BCUT2D eigenvalue weighted by atomic mass is 35.5. The van der Waals surface area contributed by atoms with Gasteiger partial charge in [0.15, 0.2) is 5.96 Å². The van der Waals surface area contributed by atoms with Crippen molar-refractivity contribution in [3.05, 3.63) is 64.7 Å². The number of hydrogen-bond donors (Lipinski definition) is 3. The normalized spacial score (nSPS) is 14.7. The van der Waals surface area contributed by atoms with Crippen LogP contribution >= 0.6 is 11.6 Å². The van der Waals surface area contributed by atoms with E-state index in [1.54, 1.807) is 7.05 Å². The average molecular weight is 399 g/mol. The molecule has 3 rings (SSSR count). The molecule has 0 spiro atoms. The highest BCUT2D eigenvalue weighted by molar-refractivity contribution is 6.30. The van der Waals surface area contributed by atoms with E-state index >= 15 is 0 Å². The number of carbonyl (C=O) groups excluding carboxylic acids is 1. The number of rotatable bonds is 6. The fourth-order valence-electron chi connectivity index (χ4n) is 3.39. The van der Waals surface area contributed by atoms with E-state index in [9.17, 15) is 4.79 Å². The topological polar surface area (TPSA) is 65.5 Å². The molecule has 0 atom stereocenters. The average Bonchev–Trinajstić information content (AvgIpc) is 3.25. The summed E-state index contributed by atoms with van der Waals surface area (Å²) in [4.78, 5) is 16.6. The Morgan fingerprint density at radius 1 is 1.04 bits per heavy atom. The van der Waals surface area contributed by atoms with Gasteiger partial charge in [0.25, 0.3) is 0 Å². The summed E-state index contributed by atoms with van der Waals surface area (Å²) in [6.07, 6.45) is 4.32. The summed E-state index contributed by atoms with van der Waals surface area (Å²) in [5.41, 5.74) is 3.06. The molecule has 0 bridgehead atoms. The lowest BCUT2D eigenvalue weighted by Gasteiger charge is -2.14. The standard InChI is InChI=1S/C22H27ClN4O/c1-24-22(25-14-16-9-11-19(23)12-10-16)26-15-17-5-4-8-20(13-17)27-21(28)18-6-2-3-7-18/h4-5,8-13,18H,2-3,6-7,14-15H2,1H3,(H,27,28)(H2,24,25,26). The van der Waals surface area contributed by atoms with Gasteiger partial charge in [0, 0.05) is 36.8 Å². The molecule has 148 valence electrons. The molecule has 1 amide bonds. The second-order valence-electron chi connectivity index (χ2n) is 7.08. The fraction of sp³-hybridized carbons (Fsp3) is 0.364. The maximum Gasteiger partial charge on any atom is 0.227 e. The van der Waals surface area contributed by atoms with E-state index < -0.39 is 0 Å². The molecule has 2 aromatic rings. The number of carbonyl (C=O) groups is 1. The van der Waals surface area contributed by atoms with E-state index in [4.69, 9.17) is 11.6 Å². The van der Waals surface area contributed by atoms with Crippen molar-refractivity contribution in [2.45, 2.75) is 38.8 Å². The van der Waals surface area contributed by atoms with Gasteiger partial charge in [-0.1, -0.05) is 48.7 Å². The molecule has 1 aliphatic carbocycles. The van der Waals surface area contributed by atoms with Gasteiger partial charge < -0.3 is 16.0 Å². The van der Waals surface area contributed by atoms with Crippen molar-refractivity contribution in [2.75, 3.05) is 12.4 Å². The zero-order chi connectivity index (χ0) is 19.8. The molecule has 0 radical (unpaired) electrons. The first-order chi connectivity index (χ1) is 13.6. The van der Waals surface area contributed by atoms with Gasteiger partial charge in [-0.05, 0) is 48.2 Å². The van der Waals surface area contributed by atoms with Crippen molar-refractivity contribution < 1.29 is 4.79 Å². The molecule has 3 N–H and O–H groups in total. The lowest BCUT2D eigenvalue weighted by Crippen LogP contribution is -2.36. The molecule has 1 fully saturated rings. The Morgan fingerprint density at radius 2 is 1.71 bits per heavy atom.